The van der Waals surface area contributed by atoms with Gasteiger partial charge in [0.05, 0.1) is 17.9 Å². The monoisotopic (exact) mass is 251 g/mol. The number of hydrogen-bond donors (Lipinski definition) is 2. The van der Waals surface area contributed by atoms with Gasteiger partial charge in [0.2, 0.25) is 0 Å². The summed E-state index contributed by atoms with van der Waals surface area (Å²) in [5, 5.41) is 8.48. The quantitative estimate of drug-likeness (QED) is 0.800. The first-order valence-electron chi connectivity index (χ1n) is 4.26. The van der Waals surface area contributed by atoms with E-state index in [-0.39, 0.29) is 17.1 Å². The number of alkyl halides is 3. The van der Waals surface area contributed by atoms with Crippen LogP contribution in [0.15, 0.2) is 11.0 Å². The van der Waals surface area contributed by atoms with Crippen LogP contribution in [0.25, 0.3) is 0 Å². The molecular weight excluding hydrogens is 244 g/mol. The number of pyridine rings is 1. The lowest BCUT2D eigenvalue weighted by Gasteiger charge is -2.07. The van der Waals surface area contributed by atoms with Crippen LogP contribution in [0, 0.1) is 0 Å². The second kappa shape index (κ2) is 5.07. The lowest BCUT2D eigenvalue weighted by atomic mass is 10.1. The molecule has 0 unspecified atom stereocenters. The standard InChI is InChI=1S/C9H8ClF2NO3/c10-2-5-7(9(11)12)8(16)4(3-13-5)1-6(14)15/h3,9H,1-2H2,(H,13,16)(H,14,15). The van der Waals surface area contributed by atoms with Gasteiger partial charge in [-0.15, -0.1) is 11.6 Å². The zero-order valence-corrected chi connectivity index (χ0v) is 8.72. The van der Waals surface area contributed by atoms with E-state index in [9.17, 15) is 18.4 Å². The molecule has 0 aliphatic rings. The van der Waals surface area contributed by atoms with E-state index >= 15 is 0 Å². The van der Waals surface area contributed by atoms with Crippen LogP contribution in [0.3, 0.4) is 0 Å². The van der Waals surface area contributed by atoms with E-state index in [2.05, 4.69) is 4.98 Å². The Morgan fingerprint density at radius 3 is 2.62 bits per heavy atom. The van der Waals surface area contributed by atoms with E-state index in [0.29, 0.717) is 0 Å². The third kappa shape index (κ3) is 2.57. The number of rotatable bonds is 4. The van der Waals surface area contributed by atoms with Gasteiger partial charge in [-0.3, -0.25) is 9.59 Å². The smallest absolute Gasteiger partial charge is 0.308 e. The molecule has 1 aromatic heterocycles. The third-order valence-corrected chi connectivity index (χ3v) is 2.24. The molecule has 1 rings (SSSR count). The van der Waals surface area contributed by atoms with Gasteiger partial charge in [0.1, 0.15) is 0 Å². The molecule has 0 saturated heterocycles. The van der Waals surface area contributed by atoms with Crippen LogP contribution >= 0.6 is 11.6 Å². The van der Waals surface area contributed by atoms with Crippen LogP contribution in [-0.2, 0) is 17.1 Å². The number of halogens is 3. The molecular formula is C9H8ClF2NO3. The Morgan fingerprint density at radius 2 is 2.19 bits per heavy atom. The maximum Gasteiger partial charge on any atom is 0.308 e. The van der Waals surface area contributed by atoms with Crippen molar-refractivity contribution in [1.82, 2.24) is 4.98 Å². The summed E-state index contributed by atoms with van der Waals surface area (Å²) in [7, 11) is 0. The largest absolute Gasteiger partial charge is 0.481 e. The highest BCUT2D eigenvalue weighted by Gasteiger charge is 2.20. The number of nitrogens with one attached hydrogen (secondary N) is 1. The topological polar surface area (TPSA) is 70.2 Å². The van der Waals surface area contributed by atoms with Crippen molar-refractivity contribution in [2.24, 2.45) is 0 Å². The van der Waals surface area contributed by atoms with Gasteiger partial charge in [-0.05, 0) is 0 Å². The Labute approximate surface area is 93.9 Å². The molecule has 2 N–H and O–H groups in total. The van der Waals surface area contributed by atoms with Gasteiger partial charge in [-0.1, -0.05) is 0 Å². The molecule has 0 aliphatic heterocycles. The minimum atomic E-state index is -2.98. The van der Waals surface area contributed by atoms with Crippen molar-refractivity contribution in [2.75, 3.05) is 0 Å². The first-order chi connectivity index (χ1) is 7.47. The maximum atomic E-state index is 12.6. The molecule has 0 bridgehead atoms. The summed E-state index contributed by atoms with van der Waals surface area (Å²) in [5.74, 6) is -1.52. The highest BCUT2D eigenvalue weighted by atomic mass is 35.5. The van der Waals surface area contributed by atoms with Crippen molar-refractivity contribution >= 4 is 17.6 Å². The molecule has 7 heteroatoms. The molecule has 4 nitrogen and oxygen atoms in total. The predicted octanol–water partition coefficient (Wildman–Crippen LogP) is 1.68. The fraction of sp³-hybridized carbons (Fsp3) is 0.333. The van der Waals surface area contributed by atoms with Gasteiger partial charge in [-0.25, -0.2) is 8.78 Å². The zero-order valence-electron chi connectivity index (χ0n) is 7.97. The number of carboxylic acids is 1. The molecule has 0 fully saturated rings. The van der Waals surface area contributed by atoms with Crippen molar-refractivity contribution < 1.29 is 18.7 Å². The summed E-state index contributed by atoms with van der Waals surface area (Å²) < 4.78 is 25.1. The van der Waals surface area contributed by atoms with Crippen molar-refractivity contribution in [3.63, 3.8) is 0 Å². The molecule has 1 heterocycles. The average Bonchev–Trinajstić information content (AvgIpc) is 2.19. The number of carbonyl (C=O) groups is 1. The Morgan fingerprint density at radius 1 is 1.56 bits per heavy atom. The Kier molecular flexibility index (Phi) is 4.00. The fourth-order valence-electron chi connectivity index (χ4n) is 1.26. The van der Waals surface area contributed by atoms with Crippen LogP contribution in [0.5, 0.6) is 0 Å². The molecule has 0 aromatic carbocycles. The molecule has 88 valence electrons. The minimum absolute atomic E-state index is 0.0872. The summed E-state index contributed by atoms with van der Waals surface area (Å²) in [6, 6.07) is 0. The normalized spacial score (nSPS) is 10.8. The molecule has 1 aromatic rings. The summed E-state index contributed by atoms with van der Waals surface area (Å²) in [6.45, 7) is 0. The van der Waals surface area contributed by atoms with Gasteiger partial charge in [-0.2, -0.15) is 0 Å². The van der Waals surface area contributed by atoms with E-state index in [1.807, 2.05) is 0 Å². The van der Waals surface area contributed by atoms with Gasteiger partial charge in [0.25, 0.3) is 6.43 Å². The molecule has 0 saturated carbocycles. The summed E-state index contributed by atoms with van der Waals surface area (Å²) in [6.07, 6.45) is -2.48. The number of H-pyrrole nitrogens is 1. The molecule has 16 heavy (non-hydrogen) atoms. The molecule has 0 atom stereocenters. The zero-order chi connectivity index (χ0) is 12.3. The van der Waals surface area contributed by atoms with Crippen molar-refractivity contribution in [2.45, 2.75) is 18.7 Å². The van der Waals surface area contributed by atoms with Crippen LogP contribution in [0.1, 0.15) is 23.2 Å². The number of carboxylic acid groups (broad SMARTS) is 1. The fourth-order valence-corrected chi connectivity index (χ4v) is 1.48. The van der Waals surface area contributed by atoms with Gasteiger partial charge < -0.3 is 10.1 Å². The lowest BCUT2D eigenvalue weighted by molar-refractivity contribution is -0.136. The van der Waals surface area contributed by atoms with Crippen LogP contribution in [0.4, 0.5) is 8.78 Å². The molecule has 0 radical (unpaired) electrons. The van der Waals surface area contributed by atoms with E-state index in [1.54, 1.807) is 0 Å². The minimum Gasteiger partial charge on any atom is -0.481 e. The molecule has 0 amide bonds. The van der Waals surface area contributed by atoms with E-state index in [0.717, 1.165) is 6.20 Å². The number of aromatic nitrogens is 1. The van der Waals surface area contributed by atoms with Crippen LogP contribution in [-0.4, -0.2) is 16.1 Å². The summed E-state index contributed by atoms with van der Waals surface area (Å²) in [4.78, 5) is 24.3. The molecule has 0 aliphatic carbocycles. The van der Waals surface area contributed by atoms with E-state index in [1.165, 1.54) is 0 Å². The number of aliphatic carboxylic acids is 1. The Bertz CT molecular complexity index is 459. The molecule has 0 spiro atoms. The number of hydrogen-bond acceptors (Lipinski definition) is 2. The Balaban J connectivity index is 3.32. The number of aromatic amines is 1. The first kappa shape index (κ1) is 12.6. The van der Waals surface area contributed by atoms with Crippen molar-refractivity contribution in [1.29, 1.82) is 0 Å². The van der Waals surface area contributed by atoms with Crippen molar-refractivity contribution in [3.8, 4) is 0 Å². The Hall–Kier alpha value is -1.43. The van der Waals surface area contributed by atoms with Crippen LogP contribution < -0.4 is 5.43 Å². The first-order valence-corrected chi connectivity index (χ1v) is 4.80. The van der Waals surface area contributed by atoms with E-state index < -0.39 is 29.8 Å². The summed E-state index contributed by atoms with van der Waals surface area (Å²) >= 11 is 5.39. The second-order valence-corrected chi connectivity index (χ2v) is 3.31. The van der Waals surface area contributed by atoms with Gasteiger partial charge >= 0.3 is 5.97 Å². The SMILES string of the molecule is O=C(O)Cc1c[nH]c(CCl)c(C(F)F)c1=O. The van der Waals surface area contributed by atoms with Crippen LogP contribution in [0.2, 0.25) is 0 Å². The third-order valence-electron chi connectivity index (χ3n) is 1.98. The summed E-state index contributed by atoms with van der Waals surface area (Å²) in [5.41, 5.74) is -2.02. The van der Waals surface area contributed by atoms with Crippen molar-refractivity contribution in [3.05, 3.63) is 33.2 Å². The second-order valence-electron chi connectivity index (χ2n) is 3.04. The van der Waals surface area contributed by atoms with E-state index in [4.69, 9.17) is 16.7 Å². The maximum absolute atomic E-state index is 12.6. The van der Waals surface area contributed by atoms with Gasteiger partial charge in [0.15, 0.2) is 5.43 Å². The highest BCUT2D eigenvalue weighted by Crippen LogP contribution is 2.19. The predicted molar refractivity (Wildman–Crippen MR) is 52.9 cm³/mol. The van der Waals surface area contributed by atoms with Gasteiger partial charge in [0, 0.05) is 17.5 Å². The average molecular weight is 252 g/mol. The lowest BCUT2D eigenvalue weighted by Crippen LogP contribution is -2.20. The highest BCUT2D eigenvalue weighted by molar-refractivity contribution is 6.17.